The summed E-state index contributed by atoms with van der Waals surface area (Å²) in [6.45, 7) is 2.91. The second kappa shape index (κ2) is 13.4. The van der Waals surface area contributed by atoms with Crippen LogP contribution in [0.4, 0.5) is 0 Å². The van der Waals surface area contributed by atoms with Crippen molar-refractivity contribution in [3.63, 3.8) is 0 Å². The first-order valence-corrected chi connectivity index (χ1v) is 15.1. The minimum Gasteiger partial charge on any atom is -0.486 e. The van der Waals surface area contributed by atoms with Crippen molar-refractivity contribution in [2.75, 3.05) is 32.9 Å². The summed E-state index contributed by atoms with van der Waals surface area (Å²) >= 11 is 1.24. The molecule has 0 aliphatic carbocycles. The van der Waals surface area contributed by atoms with Gasteiger partial charge in [-0.1, -0.05) is 11.3 Å². The Balaban J connectivity index is 1.66. The molecule has 2 aromatic carbocycles. The second-order valence-electron chi connectivity index (χ2n) is 8.72. The number of nitrogens with zero attached hydrogens (tertiary/aromatic N) is 5. The minimum absolute atomic E-state index is 0.0212. The number of carbonyl (C=O) groups excluding carboxylic acids is 2. The topological polar surface area (TPSA) is 164 Å². The van der Waals surface area contributed by atoms with E-state index in [4.69, 9.17) is 24.7 Å². The van der Waals surface area contributed by atoms with E-state index in [0.29, 0.717) is 35.0 Å². The highest BCUT2D eigenvalue weighted by molar-refractivity contribution is 7.89. The van der Waals surface area contributed by atoms with Crippen LogP contribution in [0.2, 0.25) is 0 Å². The van der Waals surface area contributed by atoms with Crippen molar-refractivity contribution in [2.45, 2.75) is 37.6 Å². The van der Waals surface area contributed by atoms with Crippen molar-refractivity contribution in [3.8, 4) is 23.6 Å². The van der Waals surface area contributed by atoms with Crippen molar-refractivity contribution in [2.24, 2.45) is 4.99 Å². The zero-order valence-corrected chi connectivity index (χ0v) is 23.9. The predicted molar refractivity (Wildman–Crippen MR) is 148 cm³/mol. The molecule has 0 N–H and O–H groups in total. The van der Waals surface area contributed by atoms with Crippen molar-refractivity contribution in [3.05, 3.63) is 46.8 Å². The van der Waals surface area contributed by atoms with Gasteiger partial charge in [-0.25, -0.2) is 8.42 Å². The van der Waals surface area contributed by atoms with Gasteiger partial charge in [0.2, 0.25) is 10.0 Å². The lowest BCUT2D eigenvalue weighted by Gasteiger charge is -2.20. The molecule has 4 rings (SSSR count). The number of aryl methyl sites for hydroxylation is 1. The normalized spacial score (nSPS) is 13.1. The number of esters is 1. The number of carbonyl (C=O) groups is 2. The Labute approximate surface area is 240 Å². The summed E-state index contributed by atoms with van der Waals surface area (Å²) in [6, 6.07) is 12.7. The van der Waals surface area contributed by atoms with Crippen molar-refractivity contribution in [1.82, 2.24) is 8.87 Å². The molecule has 12 nitrogen and oxygen atoms in total. The van der Waals surface area contributed by atoms with Crippen LogP contribution in [-0.4, -0.2) is 62.1 Å². The van der Waals surface area contributed by atoms with Gasteiger partial charge in [0.1, 0.15) is 13.2 Å². The van der Waals surface area contributed by atoms with E-state index in [9.17, 15) is 18.0 Å². The molecule has 1 aliphatic rings. The summed E-state index contributed by atoms with van der Waals surface area (Å²) in [6.07, 6.45) is 0.0233. The van der Waals surface area contributed by atoms with E-state index < -0.39 is 15.9 Å². The molecular weight excluding hydrogens is 570 g/mol. The van der Waals surface area contributed by atoms with Gasteiger partial charge >= 0.3 is 5.97 Å². The third-order valence-electron chi connectivity index (χ3n) is 6.07. The van der Waals surface area contributed by atoms with Crippen LogP contribution < -0.4 is 14.3 Å². The van der Waals surface area contributed by atoms with Crippen LogP contribution in [-0.2, 0) is 26.1 Å². The Kier molecular flexibility index (Phi) is 9.73. The van der Waals surface area contributed by atoms with E-state index in [1.165, 1.54) is 35.6 Å². The maximum absolute atomic E-state index is 13.2. The highest BCUT2D eigenvalue weighted by Gasteiger charge is 2.24. The quantitative estimate of drug-likeness (QED) is 0.302. The molecular formula is C27H27N5O7S2. The molecule has 0 saturated carbocycles. The molecule has 1 amide bonds. The molecule has 14 heteroatoms. The number of sulfonamides is 1. The Hall–Kier alpha value is -4.24. The van der Waals surface area contributed by atoms with Crippen molar-refractivity contribution < 1.29 is 32.2 Å². The lowest BCUT2D eigenvalue weighted by Crippen LogP contribution is -2.32. The predicted octanol–water partition coefficient (Wildman–Crippen LogP) is 2.99. The smallest absolute Gasteiger partial charge is 0.307 e. The van der Waals surface area contributed by atoms with E-state index in [1.807, 2.05) is 18.2 Å². The summed E-state index contributed by atoms with van der Waals surface area (Å²) in [7, 11) is -3.98. The molecule has 0 saturated heterocycles. The van der Waals surface area contributed by atoms with Crippen molar-refractivity contribution >= 4 is 43.5 Å². The number of nitriles is 2. The number of aromatic nitrogens is 1. The van der Waals surface area contributed by atoms with Crippen LogP contribution in [0, 0.1) is 22.7 Å². The first-order valence-electron chi connectivity index (χ1n) is 12.8. The fraction of sp³-hybridized carbons (Fsp3) is 0.370. The number of amides is 1. The lowest BCUT2D eigenvalue weighted by molar-refractivity contribution is -0.143. The van der Waals surface area contributed by atoms with Gasteiger partial charge in [-0.3, -0.25) is 9.59 Å². The van der Waals surface area contributed by atoms with E-state index in [0.717, 1.165) is 9.01 Å². The van der Waals surface area contributed by atoms with Gasteiger partial charge in [-0.2, -0.15) is 19.8 Å². The maximum Gasteiger partial charge on any atom is 0.307 e. The summed E-state index contributed by atoms with van der Waals surface area (Å²) in [5, 5.41) is 17.8. The van der Waals surface area contributed by atoms with Gasteiger partial charge in [-0.05, 0) is 31.2 Å². The van der Waals surface area contributed by atoms with Gasteiger partial charge in [0.25, 0.3) is 5.91 Å². The van der Waals surface area contributed by atoms with E-state index in [-0.39, 0.29) is 61.9 Å². The highest BCUT2D eigenvalue weighted by Crippen LogP contribution is 2.35. The number of hydrogen-bond acceptors (Lipinski definition) is 10. The number of thiazole rings is 1. The van der Waals surface area contributed by atoms with E-state index in [1.54, 1.807) is 17.6 Å². The lowest BCUT2D eigenvalue weighted by atomic mass is 10.2. The van der Waals surface area contributed by atoms with E-state index in [2.05, 4.69) is 4.99 Å². The maximum atomic E-state index is 13.2. The van der Waals surface area contributed by atoms with Crippen LogP contribution in [0.3, 0.4) is 0 Å². The van der Waals surface area contributed by atoms with Crippen molar-refractivity contribution in [1.29, 1.82) is 10.5 Å². The number of fused-ring (bicyclic) bond motifs is 2. The third-order valence-corrected chi connectivity index (χ3v) is 9.03. The standard InChI is InChI=1S/C27H27N5O7S2/c1-2-37-25(33)9-14-32-21-17-22-23(39-16-15-38-22)18-24(21)40-27(32)30-26(34)19-5-7-20(8-6-19)41(35,36)31(12-3-10-28)13-4-11-29/h5-8,17-18H,2-4,9,12-16H2,1H3. The van der Waals surface area contributed by atoms with Crippen LogP contribution in [0.5, 0.6) is 11.5 Å². The van der Waals surface area contributed by atoms with Crippen LogP contribution in [0.25, 0.3) is 10.2 Å². The summed E-state index contributed by atoms with van der Waals surface area (Å²) in [5.74, 6) is 0.147. The number of rotatable bonds is 11. The Morgan fingerprint density at radius 3 is 2.32 bits per heavy atom. The fourth-order valence-electron chi connectivity index (χ4n) is 4.12. The number of benzene rings is 2. The molecule has 0 unspecified atom stereocenters. The first kappa shape index (κ1) is 29.7. The summed E-state index contributed by atoms with van der Waals surface area (Å²) in [4.78, 5) is 29.8. The molecule has 3 aromatic rings. The van der Waals surface area contributed by atoms with Gasteiger partial charge in [0.05, 0.1) is 40.3 Å². The summed E-state index contributed by atoms with van der Waals surface area (Å²) < 4.78 is 46.2. The minimum atomic E-state index is -3.98. The monoisotopic (exact) mass is 597 g/mol. The van der Waals surface area contributed by atoms with Crippen LogP contribution in [0.15, 0.2) is 46.3 Å². The van der Waals surface area contributed by atoms with Gasteiger partial charge in [-0.15, -0.1) is 0 Å². The van der Waals surface area contributed by atoms with Gasteiger partial charge in [0.15, 0.2) is 16.3 Å². The van der Waals surface area contributed by atoms with Gasteiger partial charge in [0, 0.05) is 50.2 Å². The Morgan fingerprint density at radius 1 is 1.07 bits per heavy atom. The largest absolute Gasteiger partial charge is 0.486 e. The molecule has 0 spiro atoms. The highest BCUT2D eigenvalue weighted by atomic mass is 32.2. The van der Waals surface area contributed by atoms with Crippen LogP contribution in [0.1, 0.15) is 36.5 Å². The molecule has 2 heterocycles. The molecule has 214 valence electrons. The summed E-state index contributed by atoms with van der Waals surface area (Å²) in [5.41, 5.74) is 0.872. The molecule has 41 heavy (non-hydrogen) atoms. The average Bonchev–Trinajstić information content (AvgIpc) is 3.30. The molecule has 0 radical (unpaired) electrons. The third kappa shape index (κ3) is 6.92. The van der Waals surface area contributed by atoms with Crippen LogP contribution >= 0.6 is 11.3 Å². The fourth-order valence-corrected chi connectivity index (χ4v) is 6.62. The Bertz CT molecular complexity index is 1680. The molecule has 0 bridgehead atoms. The number of ether oxygens (including phenoxy) is 3. The Morgan fingerprint density at radius 2 is 1.71 bits per heavy atom. The first-order chi connectivity index (χ1) is 19.8. The number of hydrogen-bond donors (Lipinski definition) is 0. The molecule has 1 aromatic heterocycles. The second-order valence-corrected chi connectivity index (χ2v) is 11.7. The molecule has 0 fully saturated rings. The van der Waals surface area contributed by atoms with Gasteiger partial charge < -0.3 is 18.8 Å². The average molecular weight is 598 g/mol. The van der Waals surface area contributed by atoms with E-state index >= 15 is 0 Å². The molecule has 1 aliphatic heterocycles. The zero-order valence-electron chi connectivity index (χ0n) is 22.2. The zero-order chi connectivity index (χ0) is 29.4. The molecule has 0 atom stereocenters. The SMILES string of the molecule is CCOC(=O)CCn1c(=NC(=O)c2ccc(S(=O)(=O)N(CCC#N)CCC#N)cc2)sc2cc3c(cc21)OCCO3.